The van der Waals surface area contributed by atoms with Gasteiger partial charge in [0.05, 0.1) is 25.2 Å². The van der Waals surface area contributed by atoms with Gasteiger partial charge in [-0.2, -0.15) is 0 Å². The van der Waals surface area contributed by atoms with E-state index < -0.39 is 18.2 Å². The minimum absolute atomic E-state index is 0.0885. The van der Waals surface area contributed by atoms with Crippen LogP contribution in [0.3, 0.4) is 0 Å². The lowest BCUT2D eigenvalue weighted by atomic mass is 10.0. The fourth-order valence-electron chi connectivity index (χ4n) is 9.32. The van der Waals surface area contributed by atoms with Crippen molar-refractivity contribution in [1.29, 1.82) is 0 Å². The Bertz CT molecular complexity index is 913. The molecular weight excluding hydrogens is 779 g/mol. The third-order valence-electron chi connectivity index (χ3n) is 13.7. The SMILES string of the molecule is CCCCCCCCCCCCCCCCCCC(=O)OC(CCCCCCCCCCCCCCCC)CC(=O)NC(CO)C(O)CCCCCCCCCCCCCCCC. The molecule has 0 fully saturated rings. The van der Waals surface area contributed by atoms with E-state index in [4.69, 9.17) is 4.74 Å². The van der Waals surface area contributed by atoms with Gasteiger partial charge in [-0.3, -0.25) is 9.59 Å². The van der Waals surface area contributed by atoms with Crippen molar-refractivity contribution in [3.8, 4) is 0 Å². The van der Waals surface area contributed by atoms with Gasteiger partial charge in [0.15, 0.2) is 0 Å². The number of nitrogens with one attached hydrogen (secondary N) is 1. The normalized spacial score (nSPS) is 13.0. The maximum atomic E-state index is 13.3. The molecular formula is C57H113NO5. The van der Waals surface area contributed by atoms with E-state index in [0.717, 1.165) is 38.5 Å². The summed E-state index contributed by atoms with van der Waals surface area (Å²) >= 11 is 0. The topological polar surface area (TPSA) is 95.9 Å². The Morgan fingerprint density at radius 3 is 0.968 bits per heavy atom. The molecule has 3 N–H and O–H groups in total. The molecule has 0 heterocycles. The molecule has 0 aromatic rings. The lowest BCUT2D eigenvalue weighted by molar-refractivity contribution is -0.151. The van der Waals surface area contributed by atoms with Crippen molar-refractivity contribution in [2.75, 3.05) is 6.61 Å². The molecule has 376 valence electrons. The predicted octanol–water partition coefficient (Wildman–Crippen LogP) is 17.5. The monoisotopic (exact) mass is 892 g/mol. The first-order valence-corrected chi connectivity index (χ1v) is 28.8. The van der Waals surface area contributed by atoms with E-state index in [2.05, 4.69) is 26.1 Å². The van der Waals surface area contributed by atoms with Crippen LogP contribution in [0.25, 0.3) is 0 Å². The van der Waals surface area contributed by atoms with E-state index in [0.29, 0.717) is 19.3 Å². The second-order valence-electron chi connectivity index (χ2n) is 20.1. The maximum Gasteiger partial charge on any atom is 0.306 e. The van der Waals surface area contributed by atoms with Crippen molar-refractivity contribution in [2.24, 2.45) is 0 Å². The number of esters is 1. The smallest absolute Gasteiger partial charge is 0.306 e. The van der Waals surface area contributed by atoms with Gasteiger partial charge in [-0.15, -0.1) is 0 Å². The number of aliphatic hydroxyl groups is 2. The molecule has 63 heavy (non-hydrogen) atoms. The lowest BCUT2D eigenvalue weighted by Gasteiger charge is -2.24. The molecule has 1 amide bonds. The Morgan fingerprint density at radius 2 is 0.667 bits per heavy atom. The molecule has 0 aromatic heterocycles. The van der Waals surface area contributed by atoms with Crippen LogP contribution in [0, 0.1) is 0 Å². The van der Waals surface area contributed by atoms with Crippen LogP contribution in [0.2, 0.25) is 0 Å². The third-order valence-corrected chi connectivity index (χ3v) is 13.7. The minimum atomic E-state index is -0.780. The van der Waals surface area contributed by atoms with Crippen LogP contribution >= 0.6 is 0 Å². The summed E-state index contributed by atoms with van der Waals surface area (Å²) < 4.78 is 5.97. The minimum Gasteiger partial charge on any atom is -0.462 e. The first-order valence-electron chi connectivity index (χ1n) is 28.8. The Hall–Kier alpha value is -1.14. The molecule has 0 saturated carbocycles. The average Bonchev–Trinajstić information content (AvgIpc) is 3.28. The molecule has 0 bridgehead atoms. The maximum absolute atomic E-state index is 13.3. The number of ether oxygens (including phenoxy) is 1. The fourth-order valence-corrected chi connectivity index (χ4v) is 9.32. The van der Waals surface area contributed by atoms with E-state index in [-0.39, 0.29) is 24.9 Å². The highest BCUT2D eigenvalue weighted by Crippen LogP contribution is 2.19. The molecule has 3 atom stereocenters. The predicted molar refractivity (Wildman–Crippen MR) is 274 cm³/mol. The lowest BCUT2D eigenvalue weighted by Crippen LogP contribution is -2.46. The van der Waals surface area contributed by atoms with Crippen LogP contribution in [0.4, 0.5) is 0 Å². The van der Waals surface area contributed by atoms with E-state index >= 15 is 0 Å². The van der Waals surface area contributed by atoms with Gasteiger partial charge in [0, 0.05) is 6.42 Å². The molecule has 0 aliphatic rings. The van der Waals surface area contributed by atoms with Crippen LogP contribution in [-0.2, 0) is 14.3 Å². The fraction of sp³-hybridized carbons (Fsp3) is 0.965. The number of amides is 1. The van der Waals surface area contributed by atoms with Gasteiger partial charge in [-0.25, -0.2) is 0 Å². The number of carbonyl (C=O) groups excluding carboxylic acids is 2. The Labute approximate surface area is 394 Å². The zero-order valence-corrected chi connectivity index (χ0v) is 43.0. The Kier molecular flexibility index (Phi) is 50.9. The summed E-state index contributed by atoms with van der Waals surface area (Å²) in [5, 5.41) is 23.9. The standard InChI is InChI=1S/C57H113NO5/c1-4-7-10-13-16-19-22-25-28-29-32-35-38-41-44-47-50-57(62)63-53(48-45-42-39-36-33-30-26-23-20-17-14-11-8-5-2)51-56(61)58-54(52-59)55(60)49-46-43-40-37-34-31-27-24-21-18-15-12-9-6-3/h53-55,59-60H,4-52H2,1-3H3,(H,58,61). The van der Waals surface area contributed by atoms with Crippen LogP contribution in [0.5, 0.6) is 0 Å². The Balaban J connectivity index is 4.48. The number of rotatable bonds is 53. The average molecular weight is 893 g/mol. The first kappa shape index (κ1) is 61.9. The van der Waals surface area contributed by atoms with Crippen LogP contribution in [0.15, 0.2) is 0 Å². The van der Waals surface area contributed by atoms with Gasteiger partial charge in [0.2, 0.25) is 5.91 Å². The van der Waals surface area contributed by atoms with Crippen LogP contribution in [0.1, 0.15) is 329 Å². The number of hydrogen-bond donors (Lipinski definition) is 3. The molecule has 0 spiro atoms. The molecule has 0 aliphatic heterocycles. The molecule has 3 unspecified atom stereocenters. The molecule has 6 nitrogen and oxygen atoms in total. The van der Waals surface area contributed by atoms with Crippen molar-refractivity contribution in [3.05, 3.63) is 0 Å². The molecule has 0 rings (SSSR count). The van der Waals surface area contributed by atoms with Gasteiger partial charge in [0.1, 0.15) is 6.10 Å². The van der Waals surface area contributed by atoms with E-state index in [1.54, 1.807) is 0 Å². The van der Waals surface area contributed by atoms with Crippen LogP contribution < -0.4 is 5.32 Å². The van der Waals surface area contributed by atoms with Crippen molar-refractivity contribution in [1.82, 2.24) is 5.32 Å². The quantitative estimate of drug-likeness (QED) is 0.0418. The molecule has 0 aliphatic carbocycles. The van der Waals surface area contributed by atoms with Crippen molar-refractivity contribution in [3.63, 3.8) is 0 Å². The zero-order valence-electron chi connectivity index (χ0n) is 43.0. The van der Waals surface area contributed by atoms with Gasteiger partial charge in [-0.05, 0) is 25.7 Å². The first-order chi connectivity index (χ1) is 31.0. The molecule has 0 radical (unpaired) electrons. The Morgan fingerprint density at radius 1 is 0.397 bits per heavy atom. The zero-order chi connectivity index (χ0) is 45.9. The number of carbonyl (C=O) groups is 2. The summed E-state index contributed by atoms with van der Waals surface area (Å²) in [5.74, 6) is -0.445. The molecule has 0 aromatic carbocycles. The van der Waals surface area contributed by atoms with Gasteiger partial charge in [0.25, 0.3) is 0 Å². The van der Waals surface area contributed by atoms with Gasteiger partial charge >= 0.3 is 5.97 Å². The third kappa shape index (κ3) is 47.2. The summed E-state index contributed by atoms with van der Waals surface area (Å²) in [6.07, 6.45) is 57.4. The van der Waals surface area contributed by atoms with E-state index in [9.17, 15) is 19.8 Å². The summed E-state index contributed by atoms with van der Waals surface area (Å²) in [6.45, 7) is 6.53. The second-order valence-corrected chi connectivity index (χ2v) is 20.1. The summed E-state index contributed by atoms with van der Waals surface area (Å²) in [5.41, 5.74) is 0. The van der Waals surface area contributed by atoms with Crippen LogP contribution in [-0.4, -0.2) is 46.9 Å². The molecule has 0 saturated heterocycles. The van der Waals surface area contributed by atoms with E-state index in [1.165, 1.54) is 244 Å². The summed E-state index contributed by atoms with van der Waals surface area (Å²) in [6, 6.07) is -0.693. The van der Waals surface area contributed by atoms with Gasteiger partial charge in [-0.1, -0.05) is 290 Å². The van der Waals surface area contributed by atoms with Crippen molar-refractivity contribution >= 4 is 11.9 Å². The summed E-state index contributed by atoms with van der Waals surface area (Å²) in [4.78, 5) is 26.2. The van der Waals surface area contributed by atoms with Gasteiger partial charge < -0.3 is 20.3 Å². The van der Waals surface area contributed by atoms with E-state index in [1.807, 2.05) is 0 Å². The number of hydrogen-bond acceptors (Lipinski definition) is 5. The largest absolute Gasteiger partial charge is 0.462 e. The van der Waals surface area contributed by atoms with Crippen molar-refractivity contribution in [2.45, 2.75) is 347 Å². The molecule has 6 heteroatoms. The highest BCUT2D eigenvalue weighted by molar-refractivity contribution is 5.77. The van der Waals surface area contributed by atoms with Crippen molar-refractivity contribution < 1.29 is 24.5 Å². The number of aliphatic hydroxyl groups excluding tert-OH is 2. The highest BCUT2D eigenvalue weighted by atomic mass is 16.5. The summed E-state index contributed by atoms with van der Waals surface area (Å²) in [7, 11) is 0. The second kappa shape index (κ2) is 51.8. The number of unbranched alkanes of at least 4 members (excludes halogenated alkanes) is 41. The highest BCUT2D eigenvalue weighted by Gasteiger charge is 2.24.